The summed E-state index contributed by atoms with van der Waals surface area (Å²) >= 11 is 1.04. The van der Waals surface area contributed by atoms with Crippen molar-refractivity contribution in [2.24, 2.45) is 0 Å². The molecule has 0 spiro atoms. The van der Waals surface area contributed by atoms with Crippen molar-refractivity contribution in [1.82, 2.24) is 9.55 Å². The van der Waals surface area contributed by atoms with E-state index in [-0.39, 0.29) is 5.75 Å². The molecule has 0 radical (unpaired) electrons. The van der Waals surface area contributed by atoms with Gasteiger partial charge in [0.1, 0.15) is 17.0 Å². The minimum Gasteiger partial charge on any atom is -0.481 e. The number of thioether (sulfide) groups is 1. The Labute approximate surface area is 114 Å². The molecule has 1 heterocycles. The molecule has 1 N–H and O–H groups in total. The summed E-state index contributed by atoms with van der Waals surface area (Å²) in [4.78, 5) is 25.8. The van der Waals surface area contributed by atoms with E-state index in [0.717, 1.165) is 23.0 Å². The lowest BCUT2D eigenvalue weighted by Gasteiger charge is -2.05. The Morgan fingerprint density at radius 2 is 2.11 bits per heavy atom. The number of nitrogens with zero attached hydrogens (tertiary/aromatic N) is 2. The van der Waals surface area contributed by atoms with Crippen LogP contribution < -0.4 is 0 Å². The lowest BCUT2D eigenvalue weighted by molar-refractivity contribution is -0.133. The van der Waals surface area contributed by atoms with Crippen LogP contribution in [0.5, 0.6) is 0 Å². The van der Waals surface area contributed by atoms with Crippen molar-refractivity contribution in [3.63, 3.8) is 0 Å². The Morgan fingerprint density at radius 1 is 1.42 bits per heavy atom. The zero-order chi connectivity index (χ0) is 13.8. The number of hydrogen-bond acceptors (Lipinski definition) is 4. The van der Waals surface area contributed by atoms with Gasteiger partial charge in [0.2, 0.25) is 0 Å². The van der Waals surface area contributed by atoms with Crippen LogP contribution >= 0.6 is 11.8 Å². The van der Waals surface area contributed by atoms with Crippen LogP contribution in [0.25, 0.3) is 5.69 Å². The van der Waals surface area contributed by atoms with Crippen LogP contribution in [-0.2, 0) is 4.79 Å². The third-order valence-electron chi connectivity index (χ3n) is 2.53. The average molecular weight is 276 g/mol. The highest BCUT2D eigenvalue weighted by Crippen LogP contribution is 2.22. The number of rotatable bonds is 5. The van der Waals surface area contributed by atoms with Gasteiger partial charge in [-0.05, 0) is 19.1 Å². The van der Waals surface area contributed by atoms with E-state index < -0.39 is 5.97 Å². The third-order valence-corrected chi connectivity index (χ3v) is 3.50. The van der Waals surface area contributed by atoms with Crippen LogP contribution in [0.4, 0.5) is 0 Å². The molecule has 6 heteroatoms. The summed E-state index contributed by atoms with van der Waals surface area (Å²) in [7, 11) is 0. The fourth-order valence-corrected chi connectivity index (χ4v) is 2.28. The molecule has 1 aromatic carbocycles. The second-order valence-electron chi connectivity index (χ2n) is 3.94. The molecule has 0 saturated heterocycles. The van der Waals surface area contributed by atoms with Gasteiger partial charge < -0.3 is 5.11 Å². The highest BCUT2D eigenvalue weighted by molar-refractivity contribution is 7.99. The largest absolute Gasteiger partial charge is 0.481 e. The number of carboxylic acids is 1. The average Bonchev–Trinajstić information content (AvgIpc) is 2.80. The minimum absolute atomic E-state index is 0.119. The zero-order valence-corrected chi connectivity index (χ0v) is 11.1. The molecule has 2 aromatic rings. The van der Waals surface area contributed by atoms with E-state index in [0.29, 0.717) is 17.0 Å². The highest BCUT2D eigenvalue weighted by Gasteiger charge is 2.13. The number of aromatic nitrogens is 2. The van der Waals surface area contributed by atoms with Crippen LogP contribution in [-0.4, -0.2) is 32.7 Å². The number of carbonyl (C=O) groups is 2. The number of carboxylic acid groups (broad SMARTS) is 1. The van der Waals surface area contributed by atoms with Crippen molar-refractivity contribution in [1.29, 1.82) is 0 Å². The quantitative estimate of drug-likeness (QED) is 0.669. The second-order valence-corrected chi connectivity index (χ2v) is 4.90. The number of benzene rings is 1. The summed E-state index contributed by atoms with van der Waals surface area (Å²) in [5, 5.41) is 9.08. The van der Waals surface area contributed by atoms with E-state index in [1.807, 2.05) is 31.2 Å². The van der Waals surface area contributed by atoms with Gasteiger partial charge >= 0.3 is 5.97 Å². The molecule has 2 rings (SSSR count). The first-order chi connectivity index (χ1) is 9.11. The molecule has 98 valence electrons. The summed E-state index contributed by atoms with van der Waals surface area (Å²) < 4.78 is 1.65. The fraction of sp³-hybridized carbons (Fsp3) is 0.154. The molecule has 0 saturated carbocycles. The molecule has 5 nitrogen and oxygen atoms in total. The predicted molar refractivity (Wildman–Crippen MR) is 72.0 cm³/mol. The number of imidazole rings is 1. The van der Waals surface area contributed by atoms with Gasteiger partial charge in [0.05, 0.1) is 5.75 Å². The highest BCUT2D eigenvalue weighted by atomic mass is 32.2. The maximum atomic E-state index is 11.2. The fourth-order valence-electron chi connectivity index (χ4n) is 1.60. The number of aldehydes is 1. The zero-order valence-electron chi connectivity index (χ0n) is 10.2. The maximum Gasteiger partial charge on any atom is 0.313 e. The Balaban J connectivity index is 2.33. The smallest absolute Gasteiger partial charge is 0.313 e. The van der Waals surface area contributed by atoms with Crippen molar-refractivity contribution < 1.29 is 14.7 Å². The normalized spacial score (nSPS) is 10.4. The van der Waals surface area contributed by atoms with E-state index in [1.165, 1.54) is 6.33 Å². The molecule has 0 aliphatic heterocycles. The van der Waals surface area contributed by atoms with Crippen LogP contribution in [0, 0.1) is 6.92 Å². The van der Waals surface area contributed by atoms with Crippen LogP contribution in [0.1, 0.15) is 16.1 Å². The topological polar surface area (TPSA) is 72.2 Å². The first-order valence-electron chi connectivity index (χ1n) is 5.56. The Bertz CT molecular complexity index is 605. The second kappa shape index (κ2) is 5.71. The van der Waals surface area contributed by atoms with Crippen molar-refractivity contribution in [3.8, 4) is 5.69 Å². The van der Waals surface area contributed by atoms with Gasteiger partial charge in [0.15, 0.2) is 6.29 Å². The Hall–Kier alpha value is -2.08. The minimum atomic E-state index is -0.938. The molecule has 0 amide bonds. The van der Waals surface area contributed by atoms with Gasteiger partial charge in [-0.2, -0.15) is 0 Å². The molecule has 1 aromatic heterocycles. The Morgan fingerprint density at radius 3 is 2.68 bits per heavy atom. The lowest BCUT2D eigenvalue weighted by atomic mass is 10.2. The number of carbonyl (C=O) groups excluding carboxylic acids is 1. The molecular formula is C13H12N2O3S. The summed E-state index contributed by atoms with van der Waals surface area (Å²) in [6, 6.07) is 7.65. The SMILES string of the molecule is Cc1ccc(-n2cnc(SCC(=O)O)c2C=O)cc1. The maximum absolute atomic E-state index is 11.2. The molecule has 0 aliphatic rings. The number of hydrogen-bond donors (Lipinski definition) is 1. The monoisotopic (exact) mass is 276 g/mol. The van der Waals surface area contributed by atoms with E-state index in [4.69, 9.17) is 5.11 Å². The van der Waals surface area contributed by atoms with E-state index in [9.17, 15) is 9.59 Å². The van der Waals surface area contributed by atoms with E-state index in [2.05, 4.69) is 4.98 Å². The first-order valence-corrected chi connectivity index (χ1v) is 6.54. The van der Waals surface area contributed by atoms with E-state index >= 15 is 0 Å². The van der Waals surface area contributed by atoms with Crippen LogP contribution in [0.3, 0.4) is 0 Å². The molecule has 0 fully saturated rings. The van der Waals surface area contributed by atoms with Crippen LogP contribution in [0.2, 0.25) is 0 Å². The van der Waals surface area contributed by atoms with Crippen molar-refractivity contribution in [2.45, 2.75) is 11.9 Å². The number of aliphatic carboxylic acids is 1. The van der Waals surface area contributed by atoms with Crippen molar-refractivity contribution in [3.05, 3.63) is 41.9 Å². The number of aryl methyl sites for hydroxylation is 1. The molecule has 0 aliphatic carbocycles. The molecule has 0 atom stereocenters. The molecule has 19 heavy (non-hydrogen) atoms. The van der Waals surface area contributed by atoms with Gasteiger partial charge in [-0.3, -0.25) is 14.2 Å². The standard InChI is InChI=1S/C13H12N2O3S/c1-9-2-4-10(5-3-9)15-8-14-13(11(15)6-16)19-7-12(17)18/h2-6,8H,7H2,1H3,(H,17,18). The summed E-state index contributed by atoms with van der Waals surface area (Å²) in [6.45, 7) is 1.98. The van der Waals surface area contributed by atoms with Crippen LogP contribution in [0.15, 0.2) is 35.6 Å². The first kappa shape index (κ1) is 13.4. The molecule has 0 unspecified atom stereocenters. The third kappa shape index (κ3) is 3.03. The summed E-state index contributed by atoms with van der Waals surface area (Å²) in [6.07, 6.45) is 2.22. The Kier molecular flexibility index (Phi) is 4.01. The molecule has 0 bridgehead atoms. The van der Waals surface area contributed by atoms with Gasteiger partial charge in [-0.25, -0.2) is 4.98 Å². The molecular weight excluding hydrogens is 264 g/mol. The summed E-state index contributed by atoms with van der Waals surface area (Å²) in [5.74, 6) is -1.06. The van der Waals surface area contributed by atoms with Gasteiger partial charge in [0, 0.05) is 5.69 Å². The van der Waals surface area contributed by atoms with Gasteiger partial charge in [-0.15, -0.1) is 0 Å². The lowest BCUT2D eigenvalue weighted by Crippen LogP contribution is -2.01. The van der Waals surface area contributed by atoms with E-state index in [1.54, 1.807) is 4.57 Å². The predicted octanol–water partition coefficient (Wildman–Crippen LogP) is 2.17. The van der Waals surface area contributed by atoms with Gasteiger partial charge in [-0.1, -0.05) is 29.5 Å². The van der Waals surface area contributed by atoms with Gasteiger partial charge in [0.25, 0.3) is 0 Å². The van der Waals surface area contributed by atoms with Crippen molar-refractivity contribution >= 4 is 24.0 Å². The summed E-state index contributed by atoms with van der Waals surface area (Å²) in [5.41, 5.74) is 2.31. The van der Waals surface area contributed by atoms with Crippen molar-refractivity contribution in [2.75, 3.05) is 5.75 Å².